The molecule has 3 heteroatoms. The second-order valence-electron chi connectivity index (χ2n) is 5.76. The summed E-state index contributed by atoms with van der Waals surface area (Å²) >= 11 is 0. The number of rotatable bonds is 7. The van der Waals surface area contributed by atoms with E-state index in [1.807, 2.05) is 0 Å². The number of aliphatic hydroxyl groups is 1. The molecule has 0 radical (unpaired) electrons. The molecule has 0 aliphatic heterocycles. The summed E-state index contributed by atoms with van der Waals surface area (Å²) in [5, 5.41) is 8.98. The Hall–Kier alpha value is 0.137. The Labute approximate surface area is 103 Å². The van der Waals surface area contributed by atoms with E-state index in [2.05, 4.69) is 48.5 Å². The molecule has 98 valence electrons. The van der Waals surface area contributed by atoms with Gasteiger partial charge in [0, 0.05) is 12.7 Å². The SMILES string of the molecule is CC(CCO)O[Si](C(C)C)(C(C)C)C(C)C. The monoisotopic (exact) mass is 246 g/mol. The van der Waals surface area contributed by atoms with Crippen LogP contribution in [0.15, 0.2) is 0 Å². The molecule has 0 aromatic carbocycles. The Kier molecular flexibility index (Phi) is 6.83. The highest BCUT2D eigenvalue weighted by atomic mass is 28.4. The molecule has 0 aromatic rings. The number of hydrogen-bond acceptors (Lipinski definition) is 2. The first-order valence-corrected chi connectivity index (χ1v) is 8.71. The van der Waals surface area contributed by atoms with Crippen LogP contribution in [-0.2, 0) is 4.43 Å². The molecule has 16 heavy (non-hydrogen) atoms. The average molecular weight is 246 g/mol. The van der Waals surface area contributed by atoms with Crippen LogP contribution in [0.2, 0.25) is 16.6 Å². The van der Waals surface area contributed by atoms with Gasteiger partial charge in [0.05, 0.1) is 0 Å². The summed E-state index contributed by atoms with van der Waals surface area (Å²) in [7, 11) is -1.74. The van der Waals surface area contributed by atoms with Crippen LogP contribution in [0.1, 0.15) is 54.9 Å². The molecule has 0 saturated carbocycles. The maximum Gasteiger partial charge on any atom is 0.200 e. The first-order valence-electron chi connectivity index (χ1n) is 6.57. The normalized spacial score (nSPS) is 15.2. The van der Waals surface area contributed by atoms with E-state index in [1.165, 1.54) is 0 Å². The molecule has 0 saturated heterocycles. The molecule has 1 N–H and O–H groups in total. The smallest absolute Gasteiger partial charge is 0.200 e. The van der Waals surface area contributed by atoms with Crippen LogP contribution in [0.4, 0.5) is 0 Å². The summed E-state index contributed by atoms with van der Waals surface area (Å²) < 4.78 is 6.44. The minimum absolute atomic E-state index is 0.184. The van der Waals surface area contributed by atoms with E-state index in [9.17, 15) is 0 Å². The lowest BCUT2D eigenvalue weighted by Crippen LogP contribution is -2.49. The van der Waals surface area contributed by atoms with Gasteiger partial charge in [0.2, 0.25) is 8.32 Å². The molecule has 2 nitrogen and oxygen atoms in total. The molecule has 0 fully saturated rings. The van der Waals surface area contributed by atoms with Crippen molar-refractivity contribution in [1.82, 2.24) is 0 Å². The second kappa shape index (κ2) is 6.77. The largest absolute Gasteiger partial charge is 0.413 e. The van der Waals surface area contributed by atoms with Crippen molar-refractivity contribution in [2.45, 2.75) is 77.6 Å². The lowest BCUT2D eigenvalue weighted by Gasteiger charge is -2.44. The van der Waals surface area contributed by atoms with Crippen molar-refractivity contribution < 1.29 is 9.53 Å². The molecule has 0 amide bonds. The zero-order valence-electron chi connectivity index (χ0n) is 12.1. The highest BCUT2D eigenvalue weighted by molar-refractivity contribution is 6.77. The summed E-state index contributed by atoms with van der Waals surface area (Å²) in [6.07, 6.45) is 0.935. The molecule has 1 unspecified atom stereocenters. The van der Waals surface area contributed by atoms with Crippen molar-refractivity contribution >= 4 is 8.32 Å². The van der Waals surface area contributed by atoms with Gasteiger partial charge in [-0.2, -0.15) is 0 Å². The quantitative estimate of drug-likeness (QED) is 0.689. The van der Waals surface area contributed by atoms with Crippen LogP contribution in [0.25, 0.3) is 0 Å². The van der Waals surface area contributed by atoms with Gasteiger partial charge in [0.25, 0.3) is 0 Å². The molecule has 0 aromatic heterocycles. The van der Waals surface area contributed by atoms with E-state index in [1.54, 1.807) is 0 Å². The van der Waals surface area contributed by atoms with Crippen molar-refractivity contribution in [3.8, 4) is 0 Å². The Morgan fingerprint density at radius 1 is 0.875 bits per heavy atom. The lowest BCUT2D eigenvalue weighted by molar-refractivity contribution is 0.149. The van der Waals surface area contributed by atoms with Gasteiger partial charge in [-0.3, -0.25) is 0 Å². The van der Waals surface area contributed by atoms with Crippen molar-refractivity contribution in [3.05, 3.63) is 0 Å². The Balaban J connectivity index is 4.90. The van der Waals surface area contributed by atoms with Crippen molar-refractivity contribution in [1.29, 1.82) is 0 Å². The van der Waals surface area contributed by atoms with E-state index in [0.29, 0.717) is 16.6 Å². The fraction of sp³-hybridized carbons (Fsp3) is 1.00. The molecule has 0 aliphatic carbocycles. The van der Waals surface area contributed by atoms with Crippen LogP contribution in [0.5, 0.6) is 0 Å². The van der Waals surface area contributed by atoms with Crippen molar-refractivity contribution in [3.63, 3.8) is 0 Å². The Bertz CT molecular complexity index is 169. The minimum atomic E-state index is -1.74. The van der Waals surface area contributed by atoms with E-state index in [0.717, 1.165) is 6.42 Å². The fourth-order valence-corrected chi connectivity index (χ4v) is 8.63. The Morgan fingerprint density at radius 2 is 1.25 bits per heavy atom. The standard InChI is InChI=1S/C13H30O2Si/c1-10(2)16(11(3)4,12(5)6)15-13(7)8-9-14/h10-14H,8-9H2,1-7H3. The molecular weight excluding hydrogens is 216 g/mol. The van der Waals surface area contributed by atoms with Gasteiger partial charge in [0.1, 0.15) is 0 Å². The molecule has 0 bridgehead atoms. The highest BCUT2D eigenvalue weighted by Crippen LogP contribution is 2.43. The summed E-state index contributed by atoms with van der Waals surface area (Å²) in [5.41, 5.74) is 1.86. The van der Waals surface area contributed by atoms with Crippen LogP contribution >= 0.6 is 0 Å². The molecule has 0 heterocycles. The predicted molar refractivity (Wildman–Crippen MR) is 73.3 cm³/mol. The van der Waals surface area contributed by atoms with Gasteiger partial charge >= 0.3 is 0 Å². The summed E-state index contributed by atoms with van der Waals surface area (Å²) in [5.74, 6) is 0. The molecule has 0 aliphatic rings. The summed E-state index contributed by atoms with van der Waals surface area (Å²) in [6.45, 7) is 16.0. The highest BCUT2D eigenvalue weighted by Gasteiger charge is 2.45. The third-order valence-corrected chi connectivity index (χ3v) is 9.87. The maximum absolute atomic E-state index is 8.98. The summed E-state index contributed by atoms with van der Waals surface area (Å²) in [6, 6.07) is 0. The maximum atomic E-state index is 8.98. The molecule has 0 rings (SSSR count). The zero-order valence-corrected chi connectivity index (χ0v) is 13.1. The van der Waals surface area contributed by atoms with E-state index >= 15 is 0 Å². The van der Waals surface area contributed by atoms with Crippen LogP contribution in [0.3, 0.4) is 0 Å². The van der Waals surface area contributed by atoms with E-state index < -0.39 is 8.32 Å². The van der Waals surface area contributed by atoms with Gasteiger partial charge in [0.15, 0.2) is 0 Å². The molecule has 0 spiro atoms. The van der Waals surface area contributed by atoms with Crippen LogP contribution < -0.4 is 0 Å². The van der Waals surface area contributed by atoms with Gasteiger partial charge in [-0.05, 0) is 30.0 Å². The van der Waals surface area contributed by atoms with Crippen molar-refractivity contribution in [2.24, 2.45) is 0 Å². The first kappa shape index (κ1) is 16.1. The van der Waals surface area contributed by atoms with Gasteiger partial charge in [-0.1, -0.05) is 41.5 Å². The fourth-order valence-electron chi connectivity index (χ4n) is 3.00. The predicted octanol–water partition coefficient (Wildman–Crippen LogP) is 3.95. The topological polar surface area (TPSA) is 29.5 Å². The number of aliphatic hydroxyl groups excluding tert-OH is 1. The zero-order chi connectivity index (χ0) is 12.9. The van der Waals surface area contributed by atoms with Crippen LogP contribution in [0, 0.1) is 0 Å². The minimum Gasteiger partial charge on any atom is -0.413 e. The first-order chi connectivity index (χ1) is 7.28. The average Bonchev–Trinajstić information content (AvgIpc) is 2.12. The second-order valence-corrected chi connectivity index (χ2v) is 11.2. The number of hydrogen-bond donors (Lipinski definition) is 1. The third-order valence-electron chi connectivity index (χ3n) is 3.65. The molecule has 1 atom stereocenters. The van der Waals surface area contributed by atoms with Gasteiger partial charge < -0.3 is 9.53 Å². The van der Waals surface area contributed by atoms with Crippen molar-refractivity contribution in [2.75, 3.05) is 6.61 Å². The van der Waals surface area contributed by atoms with E-state index in [4.69, 9.17) is 9.53 Å². The third kappa shape index (κ3) is 3.57. The van der Waals surface area contributed by atoms with Gasteiger partial charge in [-0.25, -0.2) is 0 Å². The van der Waals surface area contributed by atoms with Gasteiger partial charge in [-0.15, -0.1) is 0 Å². The van der Waals surface area contributed by atoms with E-state index in [-0.39, 0.29) is 12.7 Å². The lowest BCUT2D eigenvalue weighted by atomic mass is 10.3. The Morgan fingerprint density at radius 3 is 1.50 bits per heavy atom. The van der Waals surface area contributed by atoms with Crippen LogP contribution in [-0.4, -0.2) is 26.1 Å². The molecular formula is C13H30O2Si. The summed E-state index contributed by atoms with van der Waals surface area (Å²) in [4.78, 5) is 0.